The molecule has 8 nitrogen and oxygen atoms in total. The monoisotopic (exact) mass is 678 g/mol. The molecule has 0 saturated carbocycles. The molecule has 1 heterocycles. The zero-order valence-corrected chi connectivity index (χ0v) is 23.2. The highest BCUT2D eigenvalue weighted by atomic mass is 19.4. The van der Waals surface area contributed by atoms with Crippen molar-refractivity contribution in [1.29, 1.82) is 0 Å². The first kappa shape index (κ1) is 34.8. The lowest BCUT2D eigenvalue weighted by Gasteiger charge is -2.26. The molecule has 3 aromatic carbocycles. The fourth-order valence-electron chi connectivity index (χ4n) is 4.30. The number of alkyl halides is 9. The smallest absolute Gasteiger partial charge is 0.416 e. The van der Waals surface area contributed by atoms with Crippen molar-refractivity contribution < 1.29 is 77.6 Å². The van der Waals surface area contributed by atoms with Gasteiger partial charge in [-0.3, -0.25) is 4.79 Å². The molecule has 0 amide bonds. The number of benzene rings is 3. The van der Waals surface area contributed by atoms with Crippen molar-refractivity contribution in [3.05, 3.63) is 106 Å². The molecule has 3 atom stereocenters. The number of halogens is 9. The first-order chi connectivity index (χ1) is 21.8. The summed E-state index contributed by atoms with van der Waals surface area (Å²) < 4.78 is 139. The van der Waals surface area contributed by atoms with E-state index in [9.17, 15) is 58.7 Å². The molecule has 0 radical (unpaired) electrons. The molecule has 1 fully saturated rings. The minimum absolute atomic E-state index is 0.417. The Balaban J connectivity index is 1.61. The van der Waals surface area contributed by atoms with Gasteiger partial charge in [-0.05, 0) is 54.6 Å². The number of hydrogen-bond acceptors (Lipinski definition) is 8. The summed E-state index contributed by atoms with van der Waals surface area (Å²) in [5, 5.41) is 0. The summed E-state index contributed by atoms with van der Waals surface area (Å²) in [6.45, 7) is -1.09. The molecule has 1 aliphatic heterocycles. The van der Waals surface area contributed by atoms with Gasteiger partial charge in [0.2, 0.25) is 0 Å². The van der Waals surface area contributed by atoms with E-state index in [4.69, 9.17) is 18.9 Å². The fourth-order valence-corrected chi connectivity index (χ4v) is 4.30. The van der Waals surface area contributed by atoms with Crippen molar-refractivity contribution in [2.75, 3.05) is 6.61 Å². The van der Waals surface area contributed by atoms with Crippen LogP contribution in [0.3, 0.4) is 0 Å². The van der Waals surface area contributed by atoms with E-state index in [0.29, 0.717) is 36.4 Å². The quantitative estimate of drug-likeness (QED) is 0.148. The molecule has 17 heteroatoms. The van der Waals surface area contributed by atoms with Gasteiger partial charge in [0.1, 0.15) is 6.61 Å². The van der Waals surface area contributed by atoms with E-state index in [0.717, 1.165) is 36.4 Å². The van der Waals surface area contributed by atoms with Crippen LogP contribution < -0.4 is 0 Å². The van der Waals surface area contributed by atoms with Crippen molar-refractivity contribution >= 4 is 23.9 Å². The molecule has 4 rings (SSSR count). The van der Waals surface area contributed by atoms with E-state index >= 15 is 0 Å². The number of esters is 4. The molecule has 0 unspecified atom stereocenters. The largest absolute Gasteiger partial charge is 0.458 e. The van der Waals surface area contributed by atoms with Crippen molar-refractivity contribution in [2.45, 2.75) is 43.3 Å². The topological polar surface area (TPSA) is 105 Å². The summed E-state index contributed by atoms with van der Waals surface area (Å²) in [6.07, 6.45) is -20.8. The lowest BCUT2D eigenvalue weighted by Crippen LogP contribution is -2.43. The van der Waals surface area contributed by atoms with Crippen molar-refractivity contribution in [1.82, 2.24) is 0 Å². The number of hydrogen-bond donors (Lipinski definition) is 0. The lowest BCUT2D eigenvalue weighted by molar-refractivity contribution is -0.148. The summed E-state index contributed by atoms with van der Waals surface area (Å²) >= 11 is 0. The molecule has 47 heavy (non-hydrogen) atoms. The second-order valence-electron chi connectivity index (χ2n) is 9.88. The third-order valence-corrected chi connectivity index (χ3v) is 6.54. The Morgan fingerprint density at radius 2 is 1.11 bits per heavy atom. The standard InChI is InChI=1S/C30H19F9O8/c31-28(32,33)18-7-1-4-15(10-18)25(41)44-14-22(46-27(43)17-6-3-9-20(12-17)30(37,38)39)24-21(13-23(40)47-24)45-26(42)16-5-2-8-19(11-16)29(34,35)36/h1-12,21-22,24H,13-14H2/t21-,22-,24-/m1/s1. The first-order valence-corrected chi connectivity index (χ1v) is 13.1. The van der Waals surface area contributed by atoms with Gasteiger partial charge in [-0.1, -0.05) is 18.2 Å². The highest BCUT2D eigenvalue weighted by Gasteiger charge is 2.46. The first-order valence-electron chi connectivity index (χ1n) is 13.1. The summed E-state index contributed by atoms with van der Waals surface area (Å²) in [5.74, 6) is -5.32. The van der Waals surface area contributed by atoms with Crippen LogP contribution in [-0.4, -0.2) is 48.8 Å². The maximum Gasteiger partial charge on any atom is 0.416 e. The lowest BCUT2D eigenvalue weighted by atomic mass is 10.1. The zero-order valence-electron chi connectivity index (χ0n) is 23.2. The van der Waals surface area contributed by atoms with Crippen LogP contribution in [0.1, 0.15) is 54.2 Å². The highest BCUT2D eigenvalue weighted by Crippen LogP contribution is 2.33. The van der Waals surface area contributed by atoms with Gasteiger partial charge in [0.15, 0.2) is 18.3 Å². The third kappa shape index (κ3) is 8.80. The number of rotatable bonds is 8. The summed E-state index contributed by atoms with van der Waals surface area (Å²) in [7, 11) is 0. The van der Waals surface area contributed by atoms with Gasteiger partial charge in [0, 0.05) is 0 Å². The third-order valence-electron chi connectivity index (χ3n) is 6.54. The Labute approximate surface area is 258 Å². The van der Waals surface area contributed by atoms with Crippen molar-refractivity contribution in [3.8, 4) is 0 Å². The number of ether oxygens (including phenoxy) is 4. The van der Waals surface area contributed by atoms with Gasteiger partial charge in [-0.2, -0.15) is 39.5 Å². The van der Waals surface area contributed by atoms with E-state index < -0.39 is 107 Å². The van der Waals surface area contributed by atoms with Gasteiger partial charge in [0.25, 0.3) is 0 Å². The Morgan fingerprint density at radius 3 is 1.55 bits per heavy atom. The number of carbonyl (C=O) groups is 4. The predicted molar refractivity (Wildman–Crippen MR) is 138 cm³/mol. The summed E-state index contributed by atoms with van der Waals surface area (Å²) in [6, 6.07) is 8.81. The SMILES string of the molecule is O=C1C[C@@H](OC(=O)c2cccc(C(F)(F)F)c2)[C@H]([C@@H](COC(=O)c2cccc(C(F)(F)F)c2)OC(=O)c2cccc(C(F)(F)F)c2)O1. The van der Waals surface area contributed by atoms with E-state index in [1.54, 1.807) is 0 Å². The molecule has 1 aliphatic rings. The van der Waals surface area contributed by atoms with E-state index in [1.165, 1.54) is 0 Å². The van der Waals surface area contributed by atoms with Crippen LogP contribution in [0.15, 0.2) is 72.8 Å². The average Bonchev–Trinajstić information content (AvgIpc) is 3.37. The predicted octanol–water partition coefficient (Wildman–Crippen LogP) is 6.67. The van der Waals surface area contributed by atoms with Crippen LogP contribution in [0.2, 0.25) is 0 Å². The molecular weight excluding hydrogens is 659 g/mol. The van der Waals surface area contributed by atoms with Crippen molar-refractivity contribution in [2.24, 2.45) is 0 Å². The van der Waals surface area contributed by atoms with Gasteiger partial charge >= 0.3 is 42.4 Å². The minimum Gasteiger partial charge on any atom is -0.458 e. The molecule has 0 spiro atoms. The zero-order chi connectivity index (χ0) is 34.7. The van der Waals surface area contributed by atoms with Gasteiger partial charge in [-0.15, -0.1) is 0 Å². The van der Waals surface area contributed by atoms with Crippen molar-refractivity contribution in [3.63, 3.8) is 0 Å². The van der Waals surface area contributed by atoms with E-state index in [2.05, 4.69) is 0 Å². The van der Waals surface area contributed by atoms with Crippen LogP contribution in [0, 0.1) is 0 Å². The molecule has 0 aromatic heterocycles. The molecule has 0 bridgehead atoms. The Hall–Kier alpha value is -5.09. The van der Waals surface area contributed by atoms with Crippen LogP contribution in [0.25, 0.3) is 0 Å². The normalized spacial score (nSPS) is 17.4. The molecule has 250 valence electrons. The Kier molecular flexibility index (Phi) is 9.87. The van der Waals surface area contributed by atoms with Crippen LogP contribution >= 0.6 is 0 Å². The van der Waals surface area contributed by atoms with Gasteiger partial charge in [0.05, 0.1) is 39.8 Å². The maximum atomic E-state index is 13.2. The van der Waals surface area contributed by atoms with Gasteiger partial charge in [-0.25, -0.2) is 14.4 Å². The maximum absolute atomic E-state index is 13.2. The second-order valence-corrected chi connectivity index (χ2v) is 9.88. The average molecular weight is 678 g/mol. The second kappa shape index (κ2) is 13.3. The van der Waals surface area contributed by atoms with Gasteiger partial charge < -0.3 is 18.9 Å². The van der Waals surface area contributed by atoms with E-state index in [-0.39, 0.29) is 0 Å². The highest BCUT2D eigenvalue weighted by molar-refractivity contribution is 5.91. The molecular formula is C30H19F9O8. The van der Waals surface area contributed by atoms with Crippen LogP contribution in [0.4, 0.5) is 39.5 Å². The number of carbonyl (C=O) groups excluding carboxylic acids is 4. The van der Waals surface area contributed by atoms with E-state index in [1.807, 2.05) is 0 Å². The molecule has 1 saturated heterocycles. The molecule has 0 N–H and O–H groups in total. The Morgan fingerprint density at radius 1 is 0.681 bits per heavy atom. The molecule has 0 aliphatic carbocycles. The fraction of sp³-hybridized carbons (Fsp3) is 0.267. The molecule has 3 aromatic rings. The number of cyclic esters (lactones) is 1. The Bertz CT molecular complexity index is 1660. The minimum atomic E-state index is -4.88. The summed E-state index contributed by atoms with van der Waals surface area (Å²) in [5.41, 5.74) is -5.57. The summed E-state index contributed by atoms with van der Waals surface area (Å²) in [4.78, 5) is 50.5. The van der Waals surface area contributed by atoms with Crippen LogP contribution in [0.5, 0.6) is 0 Å². The van der Waals surface area contributed by atoms with Crippen LogP contribution in [-0.2, 0) is 42.3 Å².